The molecule has 0 radical (unpaired) electrons. The fourth-order valence-corrected chi connectivity index (χ4v) is 1.95. The van der Waals surface area contributed by atoms with Crippen molar-refractivity contribution < 1.29 is 9.72 Å². The Hall–Kier alpha value is -2.60. The van der Waals surface area contributed by atoms with Gasteiger partial charge < -0.3 is 10.6 Å². The number of nitrogens with one attached hydrogen (secondary N) is 2. The van der Waals surface area contributed by atoms with Gasteiger partial charge in [0.05, 0.1) is 15.6 Å². The third-order valence-corrected chi connectivity index (χ3v) is 3.00. The van der Waals surface area contributed by atoms with Crippen LogP contribution < -0.4 is 10.6 Å². The molecule has 7 heteroatoms. The van der Waals surface area contributed by atoms with Gasteiger partial charge in [0.15, 0.2) is 0 Å². The predicted octanol–water partition coefficient (Wildman–Crippen LogP) is 4.20. The van der Waals surface area contributed by atoms with Gasteiger partial charge in [-0.3, -0.25) is 10.1 Å². The van der Waals surface area contributed by atoms with Crippen LogP contribution in [-0.2, 0) is 0 Å². The minimum Gasteiger partial charge on any atom is -0.308 e. The van der Waals surface area contributed by atoms with E-state index in [1.807, 2.05) is 25.1 Å². The summed E-state index contributed by atoms with van der Waals surface area (Å²) in [5.74, 6) is 0. The first-order chi connectivity index (χ1) is 9.95. The topological polar surface area (TPSA) is 84.3 Å². The van der Waals surface area contributed by atoms with Crippen molar-refractivity contribution in [1.29, 1.82) is 0 Å². The van der Waals surface area contributed by atoms with Crippen molar-refractivity contribution in [2.75, 3.05) is 10.6 Å². The molecule has 0 aliphatic carbocycles. The number of urea groups is 1. The van der Waals surface area contributed by atoms with Gasteiger partial charge in [-0.2, -0.15) is 0 Å². The van der Waals surface area contributed by atoms with Crippen LogP contribution in [0.4, 0.5) is 21.9 Å². The molecule has 0 aromatic heterocycles. The second-order valence-corrected chi connectivity index (χ2v) is 4.78. The predicted molar refractivity (Wildman–Crippen MR) is 81.9 cm³/mol. The van der Waals surface area contributed by atoms with Crippen LogP contribution in [0.5, 0.6) is 0 Å². The molecule has 0 bridgehead atoms. The second kappa shape index (κ2) is 6.23. The fourth-order valence-electron chi connectivity index (χ4n) is 1.73. The largest absolute Gasteiger partial charge is 0.323 e. The van der Waals surface area contributed by atoms with Crippen molar-refractivity contribution in [2.45, 2.75) is 6.92 Å². The van der Waals surface area contributed by atoms with Gasteiger partial charge in [0.1, 0.15) is 0 Å². The van der Waals surface area contributed by atoms with Crippen molar-refractivity contribution in [3.8, 4) is 0 Å². The molecule has 2 N–H and O–H groups in total. The van der Waals surface area contributed by atoms with E-state index < -0.39 is 11.0 Å². The van der Waals surface area contributed by atoms with E-state index >= 15 is 0 Å². The van der Waals surface area contributed by atoms with Gasteiger partial charge in [-0.15, -0.1) is 0 Å². The summed E-state index contributed by atoms with van der Waals surface area (Å²) in [6.07, 6.45) is 0. The average molecular weight is 306 g/mol. The number of rotatable bonds is 3. The minimum atomic E-state index is -0.553. The number of nitrogens with zero attached hydrogens (tertiary/aromatic N) is 1. The molecule has 0 heterocycles. The number of anilines is 2. The molecule has 0 saturated heterocycles. The van der Waals surface area contributed by atoms with Gasteiger partial charge in [0.25, 0.3) is 5.69 Å². The highest BCUT2D eigenvalue weighted by atomic mass is 35.5. The number of amides is 2. The van der Waals surface area contributed by atoms with Crippen LogP contribution in [0.25, 0.3) is 0 Å². The molecule has 0 unspecified atom stereocenters. The molecule has 21 heavy (non-hydrogen) atoms. The molecule has 2 amide bonds. The van der Waals surface area contributed by atoms with Crippen molar-refractivity contribution in [3.63, 3.8) is 0 Å². The van der Waals surface area contributed by atoms with E-state index in [9.17, 15) is 14.9 Å². The number of hydrogen-bond donors (Lipinski definition) is 2. The molecule has 0 saturated carbocycles. The summed E-state index contributed by atoms with van der Waals surface area (Å²) in [5.41, 5.74) is 1.82. The van der Waals surface area contributed by atoms with Crippen LogP contribution in [0.1, 0.15) is 5.56 Å². The molecule has 2 aromatic carbocycles. The first-order valence-corrected chi connectivity index (χ1v) is 6.42. The van der Waals surface area contributed by atoms with E-state index in [2.05, 4.69) is 10.6 Å². The molecular formula is C14H12ClN3O3. The summed E-state index contributed by atoms with van der Waals surface area (Å²) < 4.78 is 0. The zero-order valence-electron chi connectivity index (χ0n) is 11.1. The number of hydrogen-bond acceptors (Lipinski definition) is 3. The zero-order chi connectivity index (χ0) is 15.4. The van der Waals surface area contributed by atoms with Gasteiger partial charge in [-0.05, 0) is 30.7 Å². The van der Waals surface area contributed by atoms with E-state index in [0.717, 1.165) is 5.56 Å². The summed E-state index contributed by atoms with van der Waals surface area (Å²) >= 11 is 5.90. The maximum absolute atomic E-state index is 11.8. The lowest BCUT2D eigenvalue weighted by atomic mass is 10.2. The number of benzene rings is 2. The maximum atomic E-state index is 11.8. The zero-order valence-corrected chi connectivity index (χ0v) is 11.8. The van der Waals surface area contributed by atoms with E-state index in [1.54, 1.807) is 6.07 Å². The van der Waals surface area contributed by atoms with Crippen molar-refractivity contribution in [1.82, 2.24) is 0 Å². The molecule has 2 aromatic rings. The number of carbonyl (C=O) groups is 1. The van der Waals surface area contributed by atoms with Crippen LogP contribution in [0.2, 0.25) is 5.02 Å². The quantitative estimate of drug-likeness (QED) is 0.658. The third-order valence-electron chi connectivity index (χ3n) is 2.69. The highest BCUT2D eigenvalue weighted by molar-refractivity contribution is 6.34. The van der Waals surface area contributed by atoms with Crippen LogP contribution >= 0.6 is 11.6 Å². The van der Waals surface area contributed by atoms with Gasteiger partial charge in [-0.25, -0.2) is 4.79 Å². The number of aryl methyl sites for hydroxylation is 1. The van der Waals surface area contributed by atoms with Crippen LogP contribution in [0.15, 0.2) is 42.5 Å². The van der Waals surface area contributed by atoms with Crippen molar-refractivity contribution in [3.05, 3.63) is 63.2 Å². The standard InChI is InChI=1S/C14H12ClN3O3/c1-9-3-2-4-10(7-9)16-14(19)17-13-6-5-11(18(20)21)8-12(13)15/h2-8H,1H3,(H2,16,17,19). The maximum Gasteiger partial charge on any atom is 0.323 e. The van der Waals surface area contributed by atoms with E-state index in [-0.39, 0.29) is 10.7 Å². The summed E-state index contributed by atoms with van der Waals surface area (Å²) in [6, 6.07) is 10.7. The summed E-state index contributed by atoms with van der Waals surface area (Å²) in [6.45, 7) is 1.91. The Labute approximate surface area is 125 Å². The van der Waals surface area contributed by atoms with Crippen LogP contribution in [0, 0.1) is 17.0 Å². The Balaban J connectivity index is 2.08. The van der Waals surface area contributed by atoms with Gasteiger partial charge >= 0.3 is 6.03 Å². The number of carbonyl (C=O) groups excluding carboxylic acids is 1. The van der Waals surface area contributed by atoms with E-state index in [1.165, 1.54) is 18.2 Å². The first kappa shape index (κ1) is 14.8. The van der Waals surface area contributed by atoms with E-state index in [4.69, 9.17) is 11.6 Å². The normalized spacial score (nSPS) is 10.0. The lowest BCUT2D eigenvalue weighted by molar-refractivity contribution is -0.384. The Kier molecular flexibility index (Phi) is 4.39. The van der Waals surface area contributed by atoms with Crippen molar-refractivity contribution >= 4 is 34.7 Å². The lowest BCUT2D eigenvalue weighted by Crippen LogP contribution is -2.19. The Morgan fingerprint density at radius 2 is 1.95 bits per heavy atom. The highest BCUT2D eigenvalue weighted by Gasteiger charge is 2.11. The van der Waals surface area contributed by atoms with Gasteiger partial charge in [0.2, 0.25) is 0 Å². The second-order valence-electron chi connectivity index (χ2n) is 4.37. The number of nitro benzene ring substituents is 1. The Bertz CT molecular complexity index is 704. The summed E-state index contributed by atoms with van der Waals surface area (Å²) in [4.78, 5) is 21.9. The first-order valence-electron chi connectivity index (χ1n) is 6.04. The van der Waals surface area contributed by atoms with Crippen LogP contribution in [-0.4, -0.2) is 11.0 Å². The number of nitro groups is 1. The monoisotopic (exact) mass is 305 g/mol. The minimum absolute atomic E-state index is 0.101. The lowest BCUT2D eigenvalue weighted by Gasteiger charge is -2.09. The SMILES string of the molecule is Cc1cccc(NC(=O)Nc2ccc([N+](=O)[O-])cc2Cl)c1. The average Bonchev–Trinajstić information content (AvgIpc) is 2.40. The molecule has 0 aliphatic rings. The molecule has 0 atom stereocenters. The van der Waals surface area contributed by atoms with E-state index in [0.29, 0.717) is 11.4 Å². The van der Waals surface area contributed by atoms with Crippen LogP contribution in [0.3, 0.4) is 0 Å². The van der Waals surface area contributed by atoms with Gasteiger partial charge in [-0.1, -0.05) is 23.7 Å². The molecular weight excluding hydrogens is 294 g/mol. The molecule has 2 rings (SSSR count). The molecule has 0 aliphatic heterocycles. The third kappa shape index (κ3) is 3.93. The molecule has 0 spiro atoms. The van der Waals surface area contributed by atoms with Crippen molar-refractivity contribution in [2.24, 2.45) is 0 Å². The smallest absolute Gasteiger partial charge is 0.308 e. The highest BCUT2D eigenvalue weighted by Crippen LogP contribution is 2.26. The molecule has 108 valence electrons. The van der Waals surface area contributed by atoms with Gasteiger partial charge in [0, 0.05) is 17.8 Å². The molecule has 0 fully saturated rings. The fraction of sp³-hybridized carbons (Fsp3) is 0.0714. The Morgan fingerprint density at radius 1 is 1.19 bits per heavy atom. The molecule has 6 nitrogen and oxygen atoms in total. The summed E-state index contributed by atoms with van der Waals surface area (Å²) in [7, 11) is 0. The Morgan fingerprint density at radius 3 is 2.57 bits per heavy atom. The summed E-state index contributed by atoms with van der Waals surface area (Å²) in [5, 5.41) is 15.9. The number of non-ortho nitro benzene ring substituents is 1. The number of halogens is 1.